The third-order valence-electron chi connectivity index (χ3n) is 3.05. The molecular weight excluding hydrogens is 236 g/mol. The van der Waals surface area contributed by atoms with Crippen molar-refractivity contribution in [2.45, 2.75) is 0 Å². The van der Waals surface area contributed by atoms with Gasteiger partial charge in [-0.3, -0.25) is 4.99 Å². The summed E-state index contributed by atoms with van der Waals surface area (Å²) < 4.78 is 5.30. The zero-order chi connectivity index (χ0) is 13.1. The van der Waals surface area contributed by atoms with E-state index in [9.17, 15) is 0 Å². The number of hydrogen-bond acceptors (Lipinski definition) is 2. The predicted molar refractivity (Wildman–Crippen MR) is 78.5 cm³/mol. The van der Waals surface area contributed by atoms with Crippen LogP contribution < -0.4 is 4.74 Å². The number of hydrogen-bond donors (Lipinski definition) is 1. The van der Waals surface area contributed by atoms with Gasteiger partial charge in [0.2, 0.25) is 0 Å². The lowest BCUT2D eigenvalue weighted by atomic mass is 10.2. The Morgan fingerprint density at radius 1 is 1.05 bits per heavy atom. The van der Waals surface area contributed by atoms with Gasteiger partial charge in [0, 0.05) is 28.9 Å². The Morgan fingerprint density at radius 3 is 2.74 bits per heavy atom. The number of methoxy groups -OCH3 is 1. The normalized spacial score (nSPS) is 11.2. The number of aromatic amines is 1. The van der Waals surface area contributed by atoms with Crippen molar-refractivity contribution in [3.8, 4) is 5.75 Å². The number of benzene rings is 2. The molecule has 1 aromatic heterocycles. The Kier molecular flexibility index (Phi) is 3.02. The fourth-order valence-corrected chi connectivity index (χ4v) is 2.08. The summed E-state index contributed by atoms with van der Waals surface area (Å²) in [5.41, 5.74) is 2.99. The van der Waals surface area contributed by atoms with E-state index >= 15 is 0 Å². The number of aromatic nitrogens is 1. The molecule has 0 amide bonds. The van der Waals surface area contributed by atoms with E-state index in [1.807, 2.05) is 54.9 Å². The molecule has 1 N–H and O–H groups in total. The maximum atomic E-state index is 5.30. The van der Waals surface area contributed by atoms with Gasteiger partial charge >= 0.3 is 0 Å². The van der Waals surface area contributed by atoms with Gasteiger partial charge in [0.25, 0.3) is 0 Å². The molecule has 3 aromatic rings. The molecule has 3 nitrogen and oxygen atoms in total. The van der Waals surface area contributed by atoms with Crippen molar-refractivity contribution in [2.24, 2.45) is 4.99 Å². The number of rotatable bonds is 3. The second kappa shape index (κ2) is 4.98. The first kappa shape index (κ1) is 11.5. The lowest BCUT2D eigenvalue weighted by Gasteiger charge is -2.02. The zero-order valence-electron chi connectivity index (χ0n) is 10.6. The summed E-state index contributed by atoms with van der Waals surface area (Å²) in [4.78, 5) is 7.75. The fraction of sp³-hybridized carbons (Fsp3) is 0.0625. The molecule has 0 saturated carbocycles. The highest BCUT2D eigenvalue weighted by Crippen LogP contribution is 2.25. The molecule has 0 spiro atoms. The Morgan fingerprint density at radius 2 is 1.84 bits per heavy atom. The highest BCUT2D eigenvalue weighted by Gasteiger charge is 2.01. The molecule has 3 rings (SSSR count). The summed E-state index contributed by atoms with van der Waals surface area (Å²) in [7, 11) is 1.67. The van der Waals surface area contributed by atoms with Crippen LogP contribution in [0.25, 0.3) is 10.9 Å². The number of aliphatic imine (C=N–C) groups is 1. The molecule has 0 aliphatic carbocycles. The lowest BCUT2D eigenvalue weighted by Crippen LogP contribution is -1.89. The average molecular weight is 250 g/mol. The van der Waals surface area contributed by atoms with Crippen LogP contribution >= 0.6 is 0 Å². The van der Waals surface area contributed by atoms with Gasteiger partial charge in [-0.1, -0.05) is 30.3 Å². The minimum atomic E-state index is 0.825. The SMILES string of the molecule is COc1ccccc1C=Nc1c[nH]c2ccccc12. The first-order chi connectivity index (χ1) is 9.38. The van der Waals surface area contributed by atoms with E-state index in [2.05, 4.69) is 16.0 Å². The summed E-state index contributed by atoms with van der Waals surface area (Å²) in [6, 6.07) is 15.9. The molecule has 2 aromatic carbocycles. The number of para-hydroxylation sites is 2. The van der Waals surface area contributed by atoms with E-state index < -0.39 is 0 Å². The topological polar surface area (TPSA) is 37.4 Å². The predicted octanol–water partition coefficient (Wildman–Crippen LogP) is 3.93. The van der Waals surface area contributed by atoms with Crippen LogP contribution in [0.4, 0.5) is 5.69 Å². The van der Waals surface area contributed by atoms with Crippen molar-refractivity contribution in [3.63, 3.8) is 0 Å². The number of fused-ring (bicyclic) bond motifs is 1. The lowest BCUT2D eigenvalue weighted by molar-refractivity contribution is 0.414. The maximum absolute atomic E-state index is 5.30. The van der Waals surface area contributed by atoms with Gasteiger partial charge in [0.15, 0.2) is 0 Å². The van der Waals surface area contributed by atoms with Crippen LogP contribution in [0.5, 0.6) is 5.75 Å². The molecular formula is C16H14N2O. The first-order valence-electron chi connectivity index (χ1n) is 6.11. The number of nitrogens with one attached hydrogen (secondary N) is 1. The molecule has 0 atom stereocenters. The molecule has 0 unspecified atom stereocenters. The molecule has 3 heteroatoms. The van der Waals surface area contributed by atoms with Gasteiger partial charge < -0.3 is 9.72 Å². The molecule has 0 aliphatic heterocycles. The highest BCUT2D eigenvalue weighted by molar-refractivity contribution is 5.94. The van der Waals surface area contributed by atoms with Gasteiger partial charge in [-0.15, -0.1) is 0 Å². The minimum Gasteiger partial charge on any atom is -0.496 e. The number of nitrogens with zero attached hydrogens (tertiary/aromatic N) is 1. The van der Waals surface area contributed by atoms with Crippen LogP contribution in [0, 0.1) is 0 Å². The third kappa shape index (κ3) is 2.22. The van der Waals surface area contributed by atoms with Crippen molar-refractivity contribution in [3.05, 3.63) is 60.3 Å². The maximum Gasteiger partial charge on any atom is 0.127 e. The van der Waals surface area contributed by atoms with Crippen molar-refractivity contribution in [2.75, 3.05) is 7.11 Å². The van der Waals surface area contributed by atoms with E-state index in [0.29, 0.717) is 0 Å². The van der Waals surface area contributed by atoms with Crippen LogP contribution in [0.1, 0.15) is 5.56 Å². The van der Waals surface area contributed by atoms with E-state index in [1.165, 1.54) is 0 Å². The minimum absolute atomic E-state index is 0.825. The summed E-state index contributed by atoms with van der Waals surface area (Å²) >= 11 is 0. The van der Waals surface area contributed by atoms with E-state index in [0.717, 1.165) is 27.9 Å². The summed E-state index contributed by atoms with van der Waals surface area (Å²) in [6.07, 6.45) is 3.74. The van der Waals surface area contributed by atoms with Crippen molar-refractivity contribution >= 4 is 22.8 Å². The van der Waals surface area contributed by atoms with Crippen LogP contribution in [0.15, 0.2) is 59.7 Å². The van der Waals surface area contributed by atoms with Gasteiger partial charge in [-0.25, -0.2) is 0 Å². The Bertz CT molecular complexity index is 728. The molecule has 0 aliphatic rings. The van der Waals surface area contributed by atoms with Crippen molar-refractivity contribution < 1.29 is 4.74 Å². The molecule has 1 heterocycles. The molecule has 0 radical (unpaired) electrons. The van der Waals surface area contributed by atoms with Crippen LogP contribution in [-0.4, -0.2) is 18.3 Å². The van der Waals surface area contributed by atoms with Crippen molar-refractivity contribution in [1.82, 2.24) is 4.98 Å². The van der Waals surface area contributed by atoms with Crippen LogP contribution in [0.2, 0.25) is 0 Å². The molecule has 19 heavy (non-hydrogen) atoms. The van der Waals surface area contributed by atoms with E-state index in [1.54, 1.807) is 7.11 Å². The fourth-order valence-electron chi connectivity index (χ4n) is 2.08. The van der Waals surface area contributed by atoms with E-state index in [4.69, 9.17) is 4.74 Å². The van der Waals surface area contributed by atoms with Gasteiger partial charge in [-0.2, -0.15) is 0 Å². The summed E-state index contributed by atoms with van der Waals surface area (Å²) in [5.74, 6) is 0.825. The van der Waals surface area contributed by atoms with Gasteiger partial charge in [0.05, 0.1) is 12.8 Å². The smallest absolute Gasteiger partial charge is 0.127 e. The van der Waals surface area contributed by atoms with Crippen LogP contribution in [0.3, 0.4) is 0 Å². The van der Waals surface area contributed by atoms with Crippen molar-refractivity contribution in [1.29, 1.82) is 0 Å². The summed E-state index contributed by atoms with van der Waals surface area (Å²) in [6.45, 7) is 0. The Balaban J connectivity index is 1.98. The zero-order valence-corrected chi connectivity index (χ0v) is 10.6. The standard InChI is InChI=1S/C16H14N2O/c1-19-16-9-5-2-6-12(16)10-17-15-11-18-14-8-4-3-7-13(14)15/h2-11,18H,1H3. The van der Waals surface area contributed by atoms with Gasteiger partial charge in [0.1, 0.15) is 5.75 Å². The Hall–Kier alpha value is -2.55. The average Bonchev–Trinajstić information content (AvgIpc) is 2.89. The monoisotopic (exact) mass is 250 g/mol. The largest absolute Gasteiger partial charge is 0.496 e. The van der Waals surface area contributed by atoms with E-state index in [-0.39, 0.29) is 0 Å². The molecule has 0 bridgehead atoms. The first-order valence-corrected chi connectivity index (χ1v) is 6.11. The number of ether oxygens (including phenoxy) is 1. The second-order valence-corrected chi connectivity index (χ2v) is 4.22. The molecule has 0 saturated heterocycles. The summed E-state index contributed by atoms with van der Waals surface area (Å²) in [5, 5.41) is 1.12. The van der Waals surface area contributed by atoms with Gasteiger partial charge in [-0.05, 0) is 18.2 Å². The van der Waals surface area contributed by atoms with Crippen LogP contribution in [-0.2, 0) is 0 Å². The Labute approximate surface area is 111 Å². The second-order valence-electron chi connectivity index (χ2n) is 4.22. The highest BCUT2D eigenvalue weighted by atomic mass is 16.5. The number of H-pyrrole nitrogens is 1. The molecule has 0 fully saturated rings. The third-order valence-corrected chi connectivity index (χ3v) is 3.05. The molecule has 94 valence electrons. The quantitative estimate of drug-likeness (QED) is 0.703.